The van der Waals surface area contributed by atoms with Crippen LogP contribution in [0.2, 0.25) is 0 Å². The lowest BCUT2D eigenvalue weighted by Crippen LogP contribution is -2.41. The Morgan fingerprint density at radius 3 is 2.58 bits per heavy atom. The quantitative estimate of drug-likeness (QED) is 0.722. The monoisotopic (exact) mass is 261 g/mol. The maximum absolute atomic E-state index is 5.61. The van der Waals surface area contributed by atoms with Crippen LogP contribution in [0.1, 0.15) is 44.6 Å². The SMILES string of the molecule is CC(C)CCOCCNC1CC(c2ccccc2)C1. The van der Waals surface area contributed by atoms with E-state index >= 15 is 0 Å². The topological polar surface area (TPSA) is 21.3 Å². The van der Waals surface area contributed by atoms with Gasteiger partial charge in [-0.15, -0.1) is 0 Å². The predicted octanol–water partition coefficient (Wildman–Crippen LogP) is 3.58. The van der Waals surface area contributed by atoms with Crippen LogP contribution in [0.5, 0.6) is 0 Å². The van der Waals surface area contributed by atoms with Crippen molar-refractivity contribution in [2.75, 3.05) is 19.8 Å². The van der Waals surface area contributed by atoms with Crippen molar-refractivity contribution in [1.29, 1.82) is 0 Å². The molecule has 0 heterocycles. The van der Waals surface area contributed by atoms with Gasteiger partial charge in [0.05, 0.1) is 6.61 Å². The first-order valence-electron chi connectivity index (χ1n) is 7.61. The van der Waals surface area contributed by atoms with Crippen LogP contribution in [0.3, 0.4) is 0 Å². The molecule has 1 N–H and O–H groups in total. The molecular formula is C17H27NO. The fourth-order valence-electron chi connectivity index (χ4n) is 2.54. The van der Waals surface area contributed by atoms with Crippen molar-refractivity contribution in [3.05, 3.63) is 35.9 Å². The lowest BCUT2D eigenvalue weighted by Gasteiger charge is -2.36. The average molecular weight is 261 g/mol. The van der Waals surface area contributed by atoms with E-state index in [0.717, 1.165) is 31.6 Å². The molecule has 106 valence electrons. The van der Waals surface area contributed by atoms with Crippen LogP contribution in [-0.4, -0.2) is 25.8 Å². The normalized spacial score (nSPS) is 22.5. The fourth-order valence-corrected chi connectivity index (χ4v) is 2.54. The molecule has 0 amide bonds. The molecule has 1 aromatic carbocycles. The largest absolute Gasteiger partial charge is 0.380 e. The van der Waals surface area contributed by atoms with Gasteiger partial charge in [-0.25, -0.2) is 0 Å². The van der Waals surface area contributed by atoms with Gasteiger partial charge in [-0.2, -0.15) is 0 Å². The van der Waals surface area contributed by atoms with Crippen LogP contribution >= 0.6 is 0 Å². The van der Waals surface area contributed by atoms with Crippen LogP contribution in [0.15, 0.2) is 30.3 Å². The Labute approximate surface area is 117 Å². The lowest BCUT2D eigenvalue weighted by molar-refractivity contribution is 0.119. The first-order valence-corrected chi connectivity index (χ1v) is 7.61. The summed E-state index contributed by atoms with van der Waals surface area (Å²) < 4.78 is 5.61. The van der Waals surface area contributed by atoms with E-state index in [9.17, 15) is 0 Å². The zero-order valence-corrected chi connectivity index (χ0v) is 12.3. The van der Waals surface area contributed by atoms with Crippen LogP contribution in [0.4, 0.5) is 0 Å². The average Bonchev–Trinajstić information content (AvgIpc) is 2.36. The van der Waals surface area contributed by atoms with Crippen molar-refractivity contribution in [3.63, 3.8) is 0 Å². The molecule has 0 unspecified atom stereocenters. The van der Waals surface area contributed by atoms with Gasteiger partial charge < -0.3 is 10.1 Å². The van der Waals surface area contributed by atoms with Gasteiger partial charge in [0, 0.05) is 19.2 Å². The molecule has 2 rings (SSSR count). The Balaban J connectivity index is 1.49. The third kappa shape index (κ3) is 4.96. The van der Waals surface area contributed by atoms with Gasteiger partial charge in [-0.05, 0) is 36.7 Å². The molecule has 0 aromatic heterocycles. The van der Waals surface area contributed by atoms with E-state index < -0.39 is 0 Å². The molecule has 0 atom stereocenters. The van der Waals surface area contributed by atoms with Crippen molar-refractivity contribution in [1.82, 2.24) is 5.32 Å². The van der Waals surface area contributed by atoms with Gasteiger partial charge in [-0.1, -0.05) is 44.2 Å². The molecule has 0 bridgehead atoms. The molecule has 0 spiro atoms. The van der Waals surface area contributed by atoms with E-state index in [1.165, 1.54) is 24.8 Å². The van der Waals surface area contributed by atoms with Crippen molar-refractivity contribution < 1.29 is 4.74 Å². The molecule has 19 heavy (non-hydrogen) atoms. The third-order valence-electron chi connectivity index (χ3n) is 3.93. The Morgan fingerprint density at radius 2 is 1.89 bits per heavy atom. The summed E-state index contributed by atoms with van der Waals surface area (Å²) in [6, 6.07) is 11.6. The number of ether oxygens (including phenoxy) is 1. The van der Waals surface area contributed by atoms with E-state index in [0.29, 0.717) is 6.04 Å². The van der Waals surface area contributed by atoms with Gasteiger partial charge in [0.1, 0.15) is 0 Å². The molecule has 0 radical (unpaired) electrons. The summed E-state index contributed by atoms with van der Waals surface area (Å²) in [7, 11) is 0. The molecule has 1 aliphatic carbocycles. The third-order valence-corrected chi connectivity index (χ3v) is 3.93. The molecule has 1 aliphatic rings. The van der Waals surface area contributed by atoms with Gasteiger partial charge in [-0.3, -0.25) is 0 Å². The van der Waals surface area contributed by atoms with E-state index in [4.69, 9.17) is 4.74 Å². The molecule has 1 fully saturated rings. The van der Waals surface area contributed by atoms with Crippen LogP contribution in [-0.2, 0) is 4.74 Å². The highest BCUT2D eigenvalue weighted by Gasteiger charge is 2.29. The standard InChI is InChI=1S/C17H27NO/c1-14(2)8-10-19-11-9-18-17-12-16(13-17)15-6-4-3-5-7-15/h3-7,14,16-18H,8-13H2,1-2H3. The number of benzene rings is 1. The Kier molecular flexibility index (Phi) is 5.87. The summed E-state index contributed by atoms with van der Waals surface area (Å²) in [6.07, 6.45) is 3.71. The molecule has 2 heteroatoms. The van der Waals surface area contributed by atoms with Crippen molar-refractivity contribution in [3.8, 4) is 0 Å². The minimum absolute atomic E-state index is 0.693. The Hall–Kier alpha value is -0.860. The summed E-state index contributed by atoms with van der Waals surface area (Å²) in [5, 5.41) is 3.58. The molecule has 2 nitrogen and oxygen atoms in total. The smallest absolute Gasteiger partial charge is 0.0591 e. The van der Waals surface area contributed by atoms with E-state index in [1.54, 1.807) is 0 Å². The van der Waals surface area contributed by atoms with E-state index in [1.807, 2.05) is 0 Å². The Morgan fingerprint density at radius 1 is 1.16 bits per heavy atom. The second-order valence-electron chi connectivity index (χ2n) is 6.02. The molecule has 0 aliphatic heterocycles. The van der Waals surface area contributed by atoms with E-state index in [2.05, 4.69) is 49.5 Å². The van der Waals surface area contributed by atoms with Crippen LogP contribution in [0, 0.1) is 5.92 Å². The summed E-state index contributed by atoms with van der Waals surface area (Å²) in [5.41, 5.74) is 1.49. The fraction of sp³-hybridized carbons (Fsp3) is 0.647. The zero-order valence-electron chi connectivity index (χ0n) is 12.3. The lowest BCUT2D eigenvalue weighted by atomic mass is 9.76. The first-order chi connectivity index (χ1) is 9.25. The number of hydrogen-bond acceptors (Lipinski definition) is 2. The molecule has 1 saturated carbocycles. The summed E-state index contributed by atoms with van der Waals surface area (Å²) >= 11 is 0. The molecular weight excluding hydrogens is 234 g/mol. The minimum Gasteiger partial charge on any atom is -0.380 e. The second kappa shape index (κ2) is 7.66. The van der Waals surface area contributed by atoms with Crippen LogP contribution < -0.4 is 5.32 Å². The molecule has 1 aromatic rings. The number of hydrogen-bond donors (Lipinski definition) is 1. The van der Waals surface area contributed by atoms with Crippen LogP contribution in [0.25, 0.3) is 0 Å². The van der Waals surface area contributed by atoms with Gasteiger partial charge in [0.25, 0.3) is 0 Å². The van der Waals surface area contributed by atoms with Gasteiger partial charge in [0.2, 0.25) is 0 Å². The highest BCUT2D eigenvalue weighted by Crippen LogP contribution is 2.36. The zero-order chi connectivity index (χ0) is 13.5. The summed E-state index contributed by atoms with van der Waals surface area (Å²) in [5.74, 6) is 1.51. The van der Waals surface area contributed by atoms with Gasteiger partial charge in [0.15, 0.2) is 0 Å². The van der Waals surface area contributed by atoms with Crippen molar-refractivity contribution in [2.24, 2.45) is 5.92 Å². The number of nitrogens with one attached hydrogen (secondary N) is 1. The maximum atomic E-state index is 5.61. The highest BCUT2D eigenvalue weighted by atomic mass is 16.5. The Bertz CT molecular complexity index is 344. The minimum atomic E-state index is 0.693. The predicted molar refractivity (Wildman–Crippen MR) is 80.5 cm³/mol. The van der Waals surface area contributed by atoms with E-state index in [-0.39, 0.29) is 0 Å². The second-order valence-corrected chi connectivity index (χ2v) is 6.02. The number of rotatable bonds is 8. The highest BCUT2D eigenvalue weighted by molar-refractivity contribution is 5.22. The first kappa shape index (κ1) is 14.5. The van der Waals surface area contributed by atoms with Crippen molar-refractivity contribution >= 4 is 0 Å². The maximum Gasteiger partial charge on any atom is 0.0591 e. The van der Waals surface area contributed by atoms with Gasteiger partial charge >= 0.3 is 0 Å². The van der Waals surface area contributed by atoms with Crippen molar-refractivity contribution in [2.45, 2.75) is 45.1 Å². The summed E-state index contributed by atoms with van der Waals surface area (Å²) in [4.78, 5) is 0. The molecule has 0 saturated heterocycles. The summed E-state index contributed by atoms with van der Waals surface area (Å²) in [6.45, 7) is 7.21.